The monoisotopic (exact) mass is 285 g/mol. The number of ether oxygens (including phenoxy) is 2. The van der Waals surface area contributed by atoms with Crippen LogP contribution in [0.1, 0.15) is 25.5 Å². The van der Waals surface area contributed by atoms with Crippen LogP contribution in [-0.2, 0) is 9.53 Å². The van der Waals surface area contributed by atoms with E-state index in [0.29, 0.717) is 18.7 Å². The van der Waals surface area contributed by atoms with Crippen LogP contribution in [-0.4, -0.2) is 37.4 Å². The third kappa shape index (κ3) is 4.79. The Kier molecular flexibility index (Phi) is 6.41. The summed E-state index contributed by atoms with van der Waals surface area (Å²) in [4.78, 5) is 11.7. The van der Waals surface area contributed by atoms with Gasteiger partial charge in [-0.1, -0.05) is 0 Å². The molecule has 5 nitrogen and oxygen atoms in total. The van der Waals surface area contributed by atoms with Gasteiger partial charge in [0, 0.05) is 19.2 Å². The summed E-state index contributed by atoms with van der Waals surface area (Å²) < 4.78 is 23.4. The Balaban J connectivity index is 2.70. The van der Waals surface area contributed by atoms with Crippen molar-refractivity contribution in [3.63, 3.8) is 0 Å². The van der Waals surface area contributed by atoms with Gasteiger partial charge in [0.25, 0.3) is 5.91 Å². The van der Waals surface area contributed by atoms with Crippen LogP contribution in [0.25, 0.3) is 0 Å². The molecule has 0 aliphatic rings. The Labute approximate surface area is 117 Å². The van der Waals surface area contributed by atoms with E-state index in [-0.39, 0.29) is 11.7 Å². The number of hydrogen-bond donors (Lipinski definition) is 2. The van der Waals surface area contributed by atoms with E-state index < -0.39 is 18.0 Å². The van der Waals surface area contributed by atoms with E-state index in [1.807, 2.05) is 0 Å². The van der Waals surface area contributed by atoms with Crippen LogP contribution >= 0.6 is 0 Å². The van der Waals surface area contributed by atoms with Gasteiger partial charge in [0.1, 0.15) is 11.6 Å². The number of hydrogen-bond acceptors (Lipinski definition) is 4. The predicted molar refractivity (Wildman–Crippen MR) is 72.0 cm³/mol. The fourth-order valence-corrected chi connectivity index (χ4v) is 1.62. The summed E-state index contributed by atoms with van der Waals surface area (Å²) in [5, 5.41) is 12.2. The maximum Gasteiger partial charge on any atom is 0.260 e. The molecule has 6 heteroatoms. The molecule has 0 radical (unpaired) electrons. The maximum atomic E-state index is 13.1. The number of amides is 1. The third-order valence-corrected chi connectivity index (χ3v) is 2.70. The number of rotatable bonds is 7. The van der Waals surface area contributed by atoms with Gasteiger partial charge in [-0.15, -0.1) is 0 Å². The minimum atomic E-state index is -0.885. The first-order valence-corrected chi connectivity index (χ1v) is 6.36. The van der Waals surface area contributed by atoms with E-state index in [1.54, 1.807) is 14.0 Å². The average Bonchev–Trinajstić information content (AvgIpc) is 2.40. The van der Waals surface area contributed by atoms with Crippen molar-refractivity contribution in [1.82, 2.24) is 5.32 Å². The number of aliphatic hydroxyl groups excluding tert-OH is 1. The average molecular weight is 285 g/mol. The number of halogens is 1. The summed E-state index contributed by atoms with van der Waals surface area (Å²) in [6.07, 6.45) is -1.64. The molecule has 0 aliphatic carbocycles. The summed E-state index contributed by atoms with van der Waals surface area (Å²) in [5.74, 6) is -0.482. The molecule has 1 rings (SSSR count). The molecule has 0 fully saturated rings. The molecule has 112 valence electrons. The number of methoxy groups -OCH3 is 1. The van der Waals surface area contributed by atoms with Crippen molar-refractivity contribution < 1.29 is 23.8 Å². The topological polar surface area (TPSA) is 67.8 Å². The van der Waals surface area contributed by atoms with Crippen LogP contribution in [0, 0.1) is 5.82 Å². The lowest BCUT2D eigenvalue weighted by atomic mass is 10.1. The van der Waals surface area contributed by atoms with Gasteiger partial charge in [0.2, 0.25) is 0 Å². The third-order valence-electron chi connectivity index (χ3n) is 2.70. The lowest BCUT2D eigenvalue weighted by Crippen LogP contribution is -2.38. The molecule has 0 bridgehead atoms. The van der Waals surface area contributed by atoms with E-state index in [4.69, 9.17) is 9.47 Å². The highest BCUT2D eigenvalue weighted by atomic mass is 19.1. The predicted octanol–water partition coefficient (Wildman–Crippen LogP) is 1.41. The molecule has 0 heterocycles. The quantitative estimate of drug-likeness (QED) is 0.743. The van der Waals surface area contributed by atoms with Gasteiger partial charge in [-0.2, -0.15) is 0 Å². The molecule has 1 aromatic carbocycles. The van der Waals surface area contributed by atoms with Crippen molar-refractivity contribution in [2.75, 3.05) is 20.3 Å². The molecule has 0 aromatic heterocycles. The maximum absolute atomic E-state index is 13.1. The minimum Gasteiger partial charge on any atom is -0.481 e. The fraction of sp³-hybridized carbons (Fsp3) is 0.500. The summed E-state index contributed by atoms with van der Waals surface area (Å²) in [6, 6.07) is 3.81. The lowest BCUT2D eigenvalue weighted by molar-refractivity contribution is -0.127. The normalized spacial score (nSPS) is 13.7. The molecule has 0 saturated carbocycles. The van der Waals surface area contributed by atoms with E-state index >= 15 is 0 Å². The van der Waals surface area contributed by atoms with Gasteiger partial charge < -0.3 is 19.9 Å². The molecule has 1 unspecified atom stereocenters. The SMILES string of the molecule is COCCNC(=O)C(C)Oc1ccc(F)cc1[C@H](C)O. The molecule has 2 N–H and O–H groups in total. The zero-order valence-corrected chi connectivity index (χ0v) is 11.9. The van der Waals surface area contributed by atoms with Gasteiger partial charge in [-0.05, 0) is 32.0 Å². The first-order chi connectivity index (χ1) is 9.45. The summed E-state index contributed by atoms with van der Waals surface area (Å²) in [6.45, 7) is 3.88. The molecular weight excluding hydrogens is 265 g/mol. The van der Waals surface area contributed by atoms with Crippen LogP contribution in [0.5, 0.6) is 5.75 Å². The van der Waals surface area contributed by atoms with Crippen molar-refractivity contribution in [3.8, 4) is 5.75 Å². The number of aliphatic hydroxyl groups is 1. The van der Waals surface area contributed by atoms with Gasteiger partial charge in [-0.3, -0.25) is 4.79 Å². The van der Waals surface area contributed by atoms with Crippen molar-refractivity contribution in [1.29, 1.82) is 0 Å². The minimum absolute atomic E-state index is 0.288. The van der Waals surface area contributed by atoms with Gasteiger partial charge in [-0.25, -0.2) is 4.39 Å². The Hall–Kier alpha value is -1.66. The first kappa shape index (κ1) is 16.4. The van der Waals surface area contributed by atoms with E-state index in [0.717, 1.165) is 0 Å². The number of carbonyl (C=O) groups excluding carboxylic acids is 1. The molecule has 2 atom stereocenters. The highest BCUT2D eigenvalue weighted by molar-refractivity contribution is 5.80. The second-order valence-corrected chi connectivity index (χ2v) is 4.40. The first-order valence-electron chi connectivity index (χ1n) is 6.36. The summed E-state index contributed by atoms with van der Waals surface area (Å²) >= 11 is 0. The fourth-order valence-electron chi connectivity index (χ4n) is 1.62. The molecule has 0 aliphatic heterocycles. The van der Waals surface area contributed by atoms with Crippen molar-refractivity contribution in [3.05, 3.63) is 29.6 Å². The summed E-state index contributed by atoms with van der Waals surface area (Å²) in [7, 11) is 1.54. The molecular formula is C14H20FNO4. The van der Waals surface area contributed by atoms with E-state index in [1.165, 1.54) is 25.1 Å². The smallest absolute Gasteiger partial charge is 0.260 e. The molecule has 1 amide bonds. The lowest BCUT2D eigenvalue weighted by Gasteiger charge is -2.18. The van der Waals surface area contributed by atoms with Crippen molar-refractivity contribution >= 4 is 5.91 Å². The Morgan fingerprint density at radius 3 is 2.75 bits per heavy atom. The second-order valence-electron chi connectivity index (χ2n) is 4.40. The molecule has 20 heavy (non-hydrogen) atoms. The molecule has 0 spiro atoms. The molecule has 1 aromatic rings. The van der Waals surface area contributed by atoms with Crippen LogP contribution in [0.2, 0.25) is 0 Å². The number of nitrogens with one attached hydrogen (secondary N) is 1. The van der Waals surface area contributed by atoms with Crippen molar-refractivity contribution in [2.45, 2.75) is 26.1 Å². The zero-order valence-electron chi connectivity index (χ0n) is 11.9. The second kappa shape index (κ2) is 7.81. The van der Waals surface area contributed by atoms with Crippen LogP contribution < -0.4 is 10.1 Å². The largest absolute Gasteiger partial charge is 0.481 e. The Morgan fingerprint density at radius 1 is 1.45 bits per heavy atom. The number of carbonyl (C=O) groups is 1. The highest BCUT2D eigenvalue weighted by Gasteiger charge is 2.18. The van der Waals surface area contributed by atoms with Crippen LogP contribution in [0.4, 0.5) is 4.39 Å². The van der Waals surface area contributed by atoms with E-state index in [9.17, 15) is 14.3 Å². The van der Waals surface area contributed by atoms with Crippen molar-refractivity contribution in [2.24, 2.45) is 0 Å². The van der Waals surface area contributed by atoms with Gasteiger partial charge in [0.05, 0.1) is 12.7 Å². The van der Waals surface area contributed by atoms with Crippen LogP contribution in [0.15, 0.2) is 18.2 Å². The highest BCUT2D eigenvalue weighted by Crippen LogP contribution is 2.26. The Morgan fingerprint density at radius 2 is 2.15 bits per heavy atom. The molecule has 0 saturated heterocycles. The summed E-state index contributed by atoms with van der Waals surface area (Å²) in [5.41, 5.74) is 0.307. The number of benzene rings is 1. The van der Waals surface area contributed by atoms with Crippen LogP contribution in [0.3, 0.4) is 0 Å². The van der Waals surface area contributed by atoms with Gasteiger partial charge in [0.15, 0.2) is 6.10 Å². The zero-order chi connectivity index (χ0) is 15.1. The van der Waals surface area contributed by atoms with Gasteiger partial charge >= 0.3 is 0 Å². The van der Waals surface area contributed by atoms with E-state index in [2.05, 4.69) is 5.32 Å². The Bertz CT molecular complexity index is 451. The standard InChI is InChI=1S/C14H20FNO4/c1-9(17)12-8-11(15)4-5-13(12)20-10(2)14(18)16-6-7-19-3/h4-5,8-10,17H,6-7H2,1-3H3,(H,16,18)/t9-,10?/m0/s1.